The van der Waals surface area contributed by atoms with E-state index in [1.165, 1.54) is 6.07 Å². The molecule has 0 unspecified atom stereocenters. The number of carbonyl (C=O) groups is 1. The van der Waals surface area contributed by atoms with Crippen molar-refractivity contribution in [3.8, 4) is 16.9 Å². The van der Waals surface area contributed by atoms with Gasteiger partial charge < -0.3 is 23.9 Å². The molecule has 5 rings (SSSR count). The van der Waals surface area contributed by atoms with Gasteiger partial charge in [-0.05, 0) is 84.1 Å². The van der Waals surface area contributed by atoms with Gasteiger partial charge in [0.2, 0.25) is 0 Å². The number of halogens is 1. The summed E-state index contributed by atoms with van der Waals surface area (Å²) in [5, 5.41) is 11.2. The van der Waals surface area contributed by atoms with Crippen LogP contribution in [0.3, 0.4) is 0 Å². The van der Waals surface area contributed by atoms with E-state index in [-0.39, 0.29) is 0 Å². The van der Waals surface area contributed by atoms with Crippen molar-refractivity contribution in [2.24, 2.45) is 5.92 Å². The molecule has 2 aliphatic heterocycles. The lowest BCUT2D eigenvalue weighted by Crippen LogP contribution is -2.31. The number of fused-ring (bicyclic) bond motifs is 2. The van der Waals surface area contributed by atoms with Crippen LogP contribution in [0.25, 0.3) is 22.2 Å². The molecule has 2 aliphatic rings. The zero-order valence-electron chi connectivity index (χ0n) is 23.3. The van der Waals surface area contributed by atoms with Gasteiger partial charge in [-0.15, -0.1) is 0 Å². The van der Waals surface area contributed by atoms with Crippen molar-refractivity contribution in [3.63, 3.8) is 0 Å². The van der Waals surface area contributed by atoms with E-state index in [2.05, 4.69) is 11.5 Å². The van der Waals surface area contributed by atoms with E-state index in [0.29, 0.717) is 60.3 Å². The smallest absolute Gasteiger partial charge is 0.337 e. The second kappa shape index (κ2) is 9.65. The van der Waals surface area contributed by atoms with Crippen molar-refractivity contribution in [3.05, 3.63) is 45.5 Å². The second-order valence-corrected chi connectivity index (χ2v) is 11.6. The van der Waals surface area contributed by atoms with Gasteiger partial charge in [-0.2, -0.15) is 0 Å². The highest BCUT2D eigenvalue weighted by atomic mass is 19.1. The molecule has 0 saturated carbocycles. The fourth-order valence-corrected chi connectivity index (χ4v) is 5.77. The maximum atomic E-state index is 15.6. The highest BCUT2D eigenvalue weighted by molar-refractivity contribution is 6.01. The number of rotatable bonds is 6. The Hall–Kier alpha value is -2.97. The molecule has 0 radical (unpaired) electrons. The Balaban J connectivity index is 1.88. The van der Waals surface area contributed by atoms with Crippen LogP contribution in [0, 0.1) is 39.4 Å². The van der Waals surface area contributed by atoms with Crippen LogP contribution in [-0.4, -0.2) is 46.0 Å². The van der Waals surface area contributed by atoms with Crippen LogP contribution in [0.15, 0.2) is 6.07 Å². The molecule has 1 fully saturated rings. The Kier molecular flexibility index (Phi) is 6.76. The third kappa shape index (κ3) is 4.47. The van der Waals surface area contributed by atoms with Gasteiger partial charge in [-0.25, -0.2) is 14.2 Å². The van der Waals surface area contributed by atoms with Gasteiger partial charge >= 0.3 is 5.97 Å². The third-order valence-corrected chi connectivity index (χ3v) is 7.80. The van der Waals surface area contributed by atoms with Gasteiger partial charge in [0.25, 0.3) is 0 Å². The molecule has 0 bridgehead atoms. The topological polar surface area (TPSA) is 82.8 Å². The number of aromatic nitrogens is 2. The van der Waals surface area contributed by atoms with Crippen LogP contribution in [0.1, 0.15) is 66.9 Å². The molecule has 8 heteroatoms. The average molecular weight is 525 g/mol. The largest absolute Gasteiger partial charge is 0.490 e. The number of nitrogens with zero attached hydrogens (tertiary/aromatic N) is 2. The van der Waals surface area contributed by atoms with Crippen molar-refractivity contribution in [2.75, 3.05) is 19.8 Å². The number of hydrogen-bond donors (Lipinski definition) is 1. The minimum absolute atomic E-state index is 0.303. The number of benzene rings is 1. The zero-order valence-corrected chi connectivity index (χ0v) is 23.3. The maximum Gasteiger partial charge on any atom is 0.337 e. The predicted octanol–water partition coefficient (Wildman–Crippen LogP) is 5.99. The van der Waals surface area contributed by atoms with Crippen LogP contribution < -0.4 is 4.74 Å². The molecular formula is C30H37FN2O5. The van der Waals surface area contributed by atoms with Crippen molar-refractivity contribution in [1.29, 1.82) is 0 Å². The summed E-state index contributed by atoms with van der Waals surface area (Å²) in [5.41, 5.74) is 6.19. The monoisotopic (exact) mass is 524 g/mol. The minimum atomic E-state index is -1.28. The van der Waals surface area contributed by atoms with Gasteiger partial charge in [0, 0.05) is 45.9 Å². The molecule has 0 spiro atoms. The van der Waals surface area contributed by atoms with Crippen LogP contribution >= 0.6 is 0 Å². The summed E-state index contributed by atoms with van der Waals surface area (Å²) in [6, 6.07) is 1.50. The molecule has 1 atom stereocenters. The van der Waals surface area contributed by atoms with E-state index in [4.69, 9.17) is 19.2 Å². The predicted molar refractivity (Wildman–Crippen MR) is 143 cm³/mol. The van der Waals surface area contributed by atoms with Gasteiger partial charge in [-0.3, -0.25) is 0 Å². The molecule has 0 aliphatic carbocycles. The summed E-state index contributed by atoms with van der Waals surface area (Å²) in [4.78, 5) is 17.7. The van der Waals surface area contributed by atoms with E-state index < -0.39 is 23.5 Å². The van der Waals surface area contributed by atoms with E-state index in [1.54, 1.807) is 0 Å². The Labute approximate surface area is 222 Å². The molecule has 1 saturated heterocycles. The first kappa shape index (κ1) is 26.6. The Bertz CT molecular complexity index is 1430. The first-order chi connectivity index (χ1) is 17.9. The van der Waals surface area contributed by atoms with Crippen molar-refractivity contribution in [2.45, 2.75) is 79.6 Å². The highest BCUT2D eigenvalue weighted by Crippen LogP contribution is 2.46. The van der Waals surface area contributed by atoms with E-state index >= 15 is 4.39 Å². The van der Waals surface area contributed by atoms with Crippen LogP contribution in [0.2, 0.25) is 0 Å². The molecule has 38 heavy (non-hydrogen) atoms. The summed E-state index contributed by atoms with van der Waals surface area (Å²) in [6.45, 7) is 16.0. The van der Waals surface area contributed by atoms with Gasteiger partial charge in [0.1, 0.15) is 5.65 Å². The number of ether oxygens (including phenoxy) is 3. The molecule has 4 heterocycles. The number of aliphatic carboxylic acids is 1. The molecule has 0 amide bonds. The van der Waals surface area contributed by atoms with Crippen LogP contribution in [0.5, 0.6) is 5.75 Å². The number of aryl methyl sites for hydroxylation is 2. The Morgan fingerprint density at radius 2 is 1.95 bits per heavy atom. The number of carboxylic acid groups (broad SMARTS) is 1. The molecule has 2 aromatic heterocycles. The third-order valence-electron chi connectivity index (χ3n) is 7.80. The summed E-state index contributed by atoms with van der Waals surface area (Å²) < 4.78 is 35.0. The molecule has 3 aromatic rings. The van der Waals surface area contributed by atoms with E-state index in [1.807, 2.05) is 41.5 Å². The SMILES string of the molecule is Cc1nc2c(c(C)c(C)n2CC2COC2)c(-c2cc(F)c3c(c2C)CCCO3)c1[C@H](OC(C)(C)C)C(=O)O. The fourth-order valence-electron chi connectivity index (χ4n) is 5.77. The van der Waals surface area contributed by atoms with E-state index in [9.17, 15) is 9.90 Å². The quantitative estimate of drug-likeness (QED) is 0.427. The molecule has 1 aromatic carbocycles. The summed E-state index contributed by atoms with van der Waals surface area (Å²) in [5.74, 6) is -0.842. The Morgan fingerprint density at radius 3 is 2.55 bits per heavy atom. The average Bonchev–Trinajstić information content (AvgIpc) is 3.05. The van der Waals surface area contributed by atoms with E-state index in [0.717, 1.165) is 46.4 Å². The Morgan fingerprint density at radius 1 is 1.24 bits per heavy atom. The first-order valence-electron chi connectivity index (χ1n) is 13.3. The number of carboxylic acids is 1. The lowest BCUT2D eigenvalue weighted by molar-refractivity contribution is -0.160. The molecule has 1 N–H and O–H groups in total. The first-order valence-corrected chi connectivity index (χ1v) is 13.3. The fraction of sp³-hybridized carbons (Fsp3) is 0.533. The normalized spacial score (nSPS) is 16.7. The standard InChI is InChI=1S/C30H37FN2O5/c1-15-18(4)33(12-19-13-36-14-19)28-23(15)25(21-11-22(31)26-20(16(21)2)9-8-10-37-26)24(17(3)32-28)27(29(34)35)38-30(5,6)7/h11,19,27H,8-10,12-14H2,1-7H3,(H,34,35)/t27-/m0/s1. The lowest BCUT2D eigenvalue weighted by Gasteiger charge is -2.29. The van der Waals surface area contributed by atoms with Gasteiger partial charge in [-0.1, -0.05) is 0 Å². The number of pyridine rings is 1. The van der Waals surface area contributed by atoms with Crippen molar-refractivity contribution >= 4 is 17.0 Å². The lowest BCUT2D eigenvalue weighted by atomic mass is 9.86. The summed E-state index contributed by atoms with van der Waals surface area (Å²) >= 11 is 0. The van der Waals surface area contributed by atoms with Crippen molar-refractivity contribution < 1.29 is 28.5 Å². The summed E-state index contributed by atoms with van der Waals surface area (Å²) in [6.07, 6.45) is 0.229. The highest BCUT2D eigenvalue weighted by Gasteiger charge is 2.35. The van der Waals surface area contributed by atoms with Crippen molar-refractivity contribution in [1.82, 2.24) is 9.55 Å². The zero-order chi connectivity index (χ0) is 27.5. The maximum absolute atomic E-state index is 15.6. The second-order valence-electron chi connectivity index (χ2n) is 11.6. The molecule has 204 valence electrons. The van der Waals surface area contributed by atoms with Crippen LogP contribution in [-0.2, 0) is 27.2 Å². The van der Waals surface area contributed by atoms with Gasteiger partial charge in [0.05, 0.1) is 25.4 Å². The minimum Gasteiger partial charge on any atom is -0.490 e. The molecule has 7 nitrogen and oxygen atoms in total. The van der Waals surface area contributed by atoms with Crippen LogP contribution in [0.4, 0.5) is 4.39 Å². The number of hydrogen-bond acceptors (Lipinski definition) is 5. The van der Waals surface area contributed by atoms with Gasteiger partial charge in [0.15, 0.2) is 17.7 Å². The summed E-state index contributed by atoms with van der Waals surface area (Å²) in [7, 11) is 0. The molecular weight excluding hydrogens is 487 g/mol.